The number of hydrogen-bond acceptors (Lipinski definition) is 3. The van der Waals surface area contributed by atoms with Gasteiger partial charge < -0.3 is 14.8 Å². The summed E-state index contributed by atoms with van der Waals surface area (Å²) in [5, 5.41) is 3.06. The van der Waals surface area contributed by atoms with Crippen molar-refractivity contribution in [3.63, 3.8) is 0 Å². The fourth-order valence-corrected chi connectivity index (χ4v) is 2.84. The number of ether oxygens (including phenoxy) is 2. The van der Waals surface area contributed by atoms with Crippen molar-refractivity contribution in [3.05, 3.63) is 59.2 Å². The van der Waals surface area contributed by atoms with Crippen molar-refractivity contribution in [3.8, 4) is 11.5 Å². The van der Waals surface area contributed by atoms with E-state index in [2.05, 4.69) is 37.4 Å². The van der Waals surface area contributed by atoms with Crippen molar-refractivity contribution in [1.29, 1.82) is 0 Å². The van der Waals surface area contributed by atoms with Crippen molar-refractivity contribution in [2.75, 3.05) is 7.11 Å². The van der Waals surface area contributed by atoms with Gasteiger partial charge in [-0.2, -0.15) is 0 Å². The Balaban J connectivity index is 2.03. The lowest BCUT2D eigenvalue weighted by molar-refractivity contribution is -0.128. The van der Waals surface area contributed by atoms with Gasteiger partial charge in [0.2, 0.25) is 0 Å². The highest BCUT2D eigenvalue weighted by Crippen LogP contribution is 2.21. The van der Waals surface area contributed by atoms with Gasteiger partial charge in [-0.05, 0) is 62.6 Å². The summed E-state index contributed by atoms with van der Waals surface area (Å²) in [5.41, 5.74) is 3.52. The van der Waals surface area contributed by atoms with Crippen LogP contribution in [0.4, 0.5) is 0 Å². The molecule has 0 aromatic heterocycles. The third kappa shape index (κ3) is 4.99. The first-order valence-electron chi connectivity index (χ1n) is 8.62. The minimum Gasteiger partial charge on any atom is -0.497 e. The van der Waals surface area contributed by atoms with Crippen LogP contribution < -0.4 is 14.8 Å². The normalized spacial score (nSPS) is 13.0. The number of carbonyl (C=O) groups is 1. The van der Waals surface area contributed by atoms with Gasteiger partial charge in [-0.1, -0.05) is 30.7 Å². The number of carbonyl (C=O) groups excluding carboxylic acids is 1. The average Bonchev–Trinajstić information content (AvgIpc) is 2.59. The molecule has 2 rings (SSSR count). The number of methoxy groups -OCH3 is 1. The smallest absolute Gasteiger partial charge is 0.261 e. The Bertz CT molecular complexity index is 710. The summed E-state index contributed by atoms with van der Waals surface area (Å²) in [7, 11) is 1.62. The maximum Gasteiger partial charge on any atom is 0.261 e. The van der Waals surface area contributed by atoms with E-state index in [4.69, 9.17) is 9.47 Å². The van der Waals surface area contributed by atoms with E-state index >= 15 is 0 Å². The minimum absolute atomic E-state index is 0.0679. The molecule has 0 unspecified atom stereocenters. The molecule has 0 saturated heterocycles. The van der Waals surface area contributed by atoms with E-state index in [1.54, 1.807) is 7.11 Å². The summed E-state index contributed by atoms with van der Waals surface area (Å²) in [6.45, 7) is 8.07. The van der Waals surface area contributed by atoms with Crippen LogP contribution in [-0.2, 0) is 4.79 Å². The molecule has 0 fully saturated rings. The zero-order valence-electron chi connectivity index (χ0n) is 15.6. The van der Waals surface area contributed by atoms with Crippen LogP contribution in [0.5, 0.6) is 11.5 Å². The minimum atomic E-state index is -0.526. The Labute approximate surface area is 150 Å². The molecule has 0 heterocycles. The molecule has 0 aliphatic heterocycles. The van der Waals surface area contributed by atoms with Crippen LogP contribution in [0.15, 0.2) is 42.5 Å². The van der Waals surface area contributed by atoms with Crippen molar-refractivity contribution in [1.82, 2.24) is 5.32 Å². The van der Waals surface area contributed by atoms with E-state index in [0.717, 1.165) is 11.3 Å². The summed E-state index contributed by atoms with van der Waals surface area (Å²) in [6.07, 6.45) is 0.0684. The van der Waals surface area contributed by atoms with Gasteiger partial charge in [0, 0.05) is 0 Å². The molecule has 0 saturated carbocycles. The number of amides is 1. The van der Waals surface area contributed by atoms with Crippen molar-refractivity contribution >= 4 is 5.91 Å². The molecular formula is C21H27NO3. The Kier molecular flexibility index (Phi) is 6.45. The Morgan fingerprint density at radius 2 is 1.72 bits per heavy atom. The molecule has 134 valence electrons. The Morgan fingerprint density at radius 1 is 1.08 bits per heavy atom. The summed E-state index contributed by atoms with van der Waals surface area (Å²) in [4.78, 5) is 12.6. The molecule has 4 heteroatoms. The molecule has 25 heavy (non-hydrogen) atoms. The van der Waals surface area contributed by atoms with Gasteiger partial charge in [-0.25, -0.2) is 0 Å². The Hall–Kier alpha value is -2.49. The highest BCUT2D eigenvalue weighted by atomic mass is 16.5. The molecule has 2 aromatic rings. The predicted octanol–water partition coefficient (Wildman–Crippen LogP) is 4.35. The zero-order valence-corrected chi connectivity index (χ0v) is 15.6. The zero-order chi connectivity index (χ0) is 18.4. The lowest BCUT2D eigenvalue weighted by atomic mass is 10.00. The highest BCUT2D eigenvalue weighted by Gasteiger charge is 2.21. The van der Waals surface area contributed by atoms with Gasteiger partial charge in [0.1, 0.15) is 11.5 Å². The number of hydrogen-bond donors (Lipinski definition) is 1. The number of benzene rings is 2. The van der Waals surface area contributed by atoms with Crippen molar-refractivity contribution in [2.45, 2.75) is 46.3 Å². The molecule has 0 aliphatic carbocycles. The lowest BCUT2D eigenvalue weighted by Gasteiger charge is -2.22. The predicted molar refractivity (Wildman–Crippen MR) is 100 cm³/mol. The Morgan fingerprint density at radius 3 is 2.28 bits per heavy atom. The molecule has 0 radical (unpaired) electrons. The second-order valence-corrected chi connectivity index (χ2v) is 6.28. The second-order valence-electron chi connectivity index (χ2n) is 6.28. The van der Waals surface area contributed by atoms with Crippen LogP contribution in [0.1, 0.15) is 43.0 Å². The third-order valence-corrected chi connectivity index (χ3v) is 4.25. The first-order valence-corrected chi connectivity index (χ1v) is 8.62. The first-order chi connectivity index (χ1) is 11.9. The van der Waals surface area contributed by atoms with Crippen LogP contribution in [0, 0.1) is 13.8 Å². The van der Waals surface area contributed by atoms with Crippen LogP contribution in [0.2, 0.25) is 0 Å². The number of nitrogens with one attached hydrogen (secondary N) is 1. The number of aryl methyl sites for hydroxylation is 2. The van der Waals surface area contributed by atoms with Gasteiger partial charge >= 0.3 is 0 Å². The van der Waals surface area contributed by atoms with Gasteiger partial charge in [0.15, 0.2) is 6.10 Å². The summed E-state index contributed by atoms with van der Waals surface area (Å²) in [6, 6.07) is 13.4. The molecule has 0 aliphatic rings. The van der Waals surface area contributed by atoms with Crippen molar-refractivity contribution in [2.24, 2.45) is 0 Å². The summed E-state index contributed by atoms with van der Waals surface area (Å²) in [5.74, 6) is 1.31. The van der Waals surface area contributed by atoms with E-state index < -0.39 is 6.10 Å². The van der Waals surface area contributed by atoms with E-state index in [1.165, 1.54) is 11.1 Å². The van der Waals surface area contributed by atoms with E-state index in [0.29, 0.717) is 12.2 Å². The summed E-state index contributed by atoms with van der Waals surface area (Å²) < 4.78 is 11.0. The number of rotatable bonds is 7. The second kappa shape index (κ2) is 8.56. The maximum atomic E-state index is 12.6. The summed E-state index contributed by atoms with van der Waals surface area (Å²) >= 11 is 0. The van der Waals surface area contributed by atoms with E-state index in [1.807, 2.05) is 38.1 Å². The molecule has 1 N–H and O–H groups in total. The third-order valence-electron chi connectivity index (χ3n) is 4.25. The molecule has 4 nitrogen and oxygen atoms in total. The molecule has 1 amide bonds. The standard InChI is InChI=1S/C21H27NO3/c1-6-20(25-18-10-8-17(24-5)9-11-18)21(23)22-16(4)19-12-7-14(2)13-15(19)3/h7-13,16,20H,6H2,1-5H3,(H,22,23)/t16-,20+/m1/s1. The molecular weight excluding hydrogens is 314 g/mol. The molecule has 2 aromatic carbocycles. The lowest BCUT2D eigenvalue weighted by Crippen LogP contribution is -2.39. The van der Waals surface area contributed by atoms with Gasteiger partial charge in [-0.3, -0.25) is 4.79 Å². The molecule has 0 bridgehead atoms. The monoisotopic (exact) mass is 341 g/mol. The SMILES string of the molecule is CC[C@H](Oc1ccc(OC)cc1)C(=O)N[C@H](C)c1ccc(C)cc1C. The van der Waals surface area contributed by atoms with E-state index in [-0.39, 0.29) is 11.9 Å². The van der Waals surface area contributed by atoms with E-state index in [9.17, 15) is 4.79 Å². The molecule has 0 spiro atoms. The highest BCUT2D eigenvalue weighted by molar-refractivity contribution is 5.81. The molecule has 2 atom stereocenters. The first kappa shape index (κ1) is 18.8. The van der Waals surface area contributed by atoms with Crippen LogP contribution in [0.3, 0.4) is 0 Å². The van der Waals surface area contributed by atoms with Crippen LogP contribution in [0.25, 0.3) is 0 Å². The van der Waals surface area contributed by atoms with Gasteiger partial charge in [-0.15, -0.1) is 0 Å². The topological polar surface area (TPSA) is 47.6 Å². The van der Waals surface area contributed by atoms with Crippen molar-refractivity contribution < 1.29 is 14.3 Å². The van der Waals surface area contributed by atoms with Crippen LogP contribution in [-0.4, -0.2) is 19.1 Å². The van der Waals surface area contributed by atoms with Gasteiger partial charge in [0.25, 0.3) is 5.91 Å². The van der Waals surface area contributed by atoms with Gasteiger partial charge in [0.05, 0.1) is 13.2 Å². The fourth-order valence-electron chi connectivity index (χ4n) is 2.84. The van der Waals surface area contributed by atoms with Crippen LogP contribution >= 0.6 is 0 Å². The maximum absolute atomic E-state index is 12.6. The quantitative estimate of drug-likeness (QED) is 0.814. The largest absolute Gasteiger partial charge is 0.497 e. The average molecular weight is 341 g/mol. The fraction of sp³-hybridized carbons (Fsp3) is 0.381.